The zero-order chi connectivity index (χ0) is 18.0. The molecular formula is C19H26N4O2. The number of anilines is 1. The van der Waals surface area contributed by atoms with E-state index in [-0.39, 0.29) is 12.1 Å². The summed E-state index contributed by atoms with van der Waals surface area (Å²) in [6.45, 7) is 7.51. The molecule has 1 aliphatic rings. The lowest BCUT2D eigenvalue weighted by atomic mass is 10.0. The van der Waals surface area contributed by atoms with E-state index >= 15 is 0 Å². The Morgan fingerprint density at radius 2 is 2.20 bits per heavy atom. The van der Waals surface area contributed by atoms with Gasteiger partial charge in [0.2, 0.25) is 0 Å². The largest absolute Gasteiger partial charge is 0.497 e. The Hall–Kier alpha value is -2.50. The second-order valence-corrected chi connectivity index (χ2v) is 6.42. The summed E-state index contributed by atoms with van der Waals surface area (Å²) >= 11 is 0. The van der Waals surface area contributed by atoms with E-state index < -0.39 is 0 Å². The smallest absolute Gasteiger partial charge is 0.322 e. The average Bonchev–Trinajstić information content (AvgIpc) is 3.22. The van der Waals surface area contributed by atoms with Gasteiger partial charge in [-0.3, -0.25) is 4.68 Å². The van der Waals surface area contributed by atoms with Crippen molar-refractivity contribution in [2.45, 2.75) is 46.2 Å². The minimum atomic E-state index is -0.0628. The van der Waals surface area contributed by atoms with Crippen LogP contribution in [0.25, 0.3) is 0 Å². The maximum atomic E-state index is 12.9. The Morgan fingerprint density at radius 3 is 2.88 bits per heavy atom. The molecule has 0 radical (unpaired) electrons. The van der Waals surface area contributed by atoms with Gasteiger partial charge in [0.05, 0.1) is 30.2 Å². The molecule has 1 fully saturated rings. The third-order valence-corrected chi connectivity index (χ3v) is 4.91. The molecular weight excluding hydrogens is 316 g/mol. The highest BCUT2D eigenvalue weighted by atomic mass is 16.5. The summed E-state index contributed by atoms with van der Waals surface area (Å²) < 4.78 is 7.23. The molecule has 0 bridgehead atoms. The van der Waals surface area contributed by atoms with E-state index in [1.165, 1.54) is 0 Å². The molecule has 1 aliphatic heterocycles. The molecule has 1 aromatic heterocycles. The van der Waals surface area contributed by atoms with E-state index in [9.17, 15) is 4.79 Å². The Bertz CT molecular complexity index is 769. The summed E-state index contributed by atoms with van der Waals surface area (Å²) in [5, 5.41) is 7.55. The van der Waals surface area contributed by atoms with Crippen molar-refractivity contribution in [2.24, 2.45) is 0 Å². The number of likely N-dealkylation sites (tertiary alicyclic amines) is 1. The van der Waals surface area contributed by atoms with Gasteiger partial charge in [0, 0.05) is 13.1 Å². The molecule has 3 rings (SSSR count). The molecule has 25 heavy (non-hydrogen) atoms. The first kappa shape index (κ1) is 17.3. The molecule has 1 saturated heterocycles. The number of hydrogen-bond acceptors (Lipinski definition) is 3. The van der Waals surface area contributed by atoms with E-state index in [2.05, 4.69) is 16.5 Å². The van der Waals surface area contributed by atoms with Gasteiger partial charge in [0.25, 0.3) is 0 Å². The van der Waals surface area contributed by atoms with Crippen LogP contribution in [0.2, 0.25) is 0 Å². The number of carbonyl (C=O) groups excluding carboxylic acids is 1. The summed E-state index contributed by atoms with van der Waals surface area (Å²) in [6, 6.07) is 7.99. The fourth-order valence-corrected chi connectivity index (χ4v) is 3.57. The number of rotatable bonds is 4. The predicted octanol–water partition coefficient (Wildman–Crippen LogP) is 3.90. The van der Waals surface area contributed by atoms with Crippen LogP contribution in [0.4, 0.5) is 10.5 Å². The third kappa shape index (κ3) is 3.34. The van der Waals surface area contributed by atoms with Crippen LogP contribution in [-0.2, 0) is 6.54 Å². The summed E-state index contributed by atoms with van der Waals surface area (Å²) in [5.41, 5.74) is 3.78. The van der Waals surface area contributed by atoms with Gasteiger partial charge in [-0.05, 0) is 51.3 Å². The molecule has 1 atom stereocenters. The van der Waals surface area contributed by atoms with Crippen molar-refractivity contribution in [1.29, 1.82) is 0 Å². The molecule has 2 heterocycles. The van der Waals surface area contributed by atoms with Crippen LogP contribution >= 0.6 is 0 Å². The minimum absolute atomic E-state index is 0.0628. The normalized spacial score (nSPS) is 17.0. The Balaban J connectivity index is 1.80. The second-order valence-electron chi connectivity index (χ2n) is 6.42. The quantitative estimate of drug-likeness (QED) is 0.917. The molecule has 0 saturated carbocycles. The Kier molecular flexibility index (Phi) is 4.97. The topological polar surface area (TPSA) is 59.4 Å². The predicted molar refractivity (Wildman–Crippen MR) is 98.1 cm³/mol. The number of urea groups is 1. The van der Waals surface area contributed by atoms with Crippen LogP contribution in [-0.4, -0.2) is 34.4 Å². The highest BCUT2D eigenvalue weighted by Gasteiger charge is 2.31. The van der Waals surface area contributed by atoms with E-state index in [4.69, 9.17) is 4.74 Å². The van der Waals surface area contributed by atoms with Crippen LogP contribution in [0.5, 0.6) is 5.75 Å². The first-order valence-electron chi connectivity index (χ1n) is 8.80. The first-order valence-corrected chi connectivity index (χ1v) is 8.80. The maximum Gasteiger partial charge on any atom is 0.322 e. The lowest BCUT2D eigenvalue weighted by Gasteiger charge is -2.25. The third-order valence-electron chi connectivity index (χ3n) is 4.91. The molecule has 0 aliphatic carbocycles. The van der Waals surface area contributed by atoms with Gasteiger partial charge >= 0.3 is 6.03 Å². The van der Waals surface area contributed by atoms with E-state index in [1.54, 1.807) is 7.11 Å². The van der Waals surface area contributed by atoms with Crippen LogP contribution in [0.3, 0.4) is 0 Å². The summed E-state index contributed by atoms with van der Waals surface area (Å²) in [5.74, 6) is 0.820. The number of hydrogen-bond donors (Lipinski definition) is 1. The monoisotopic (exact) mass is 342 g/mol. The van der Waals surface area contributed by atoms with Crippen molar-refractivity contribution >= 4 is 11.7 Å². The van der Waals surface area contributed by atoms with Gasteiger partial charge in [0.1, 0.15) is 5.75 Å². The number of carbonyl (C=O) groups is 1. The van der Waals surface area contributed by atoms with Gasteiger partial charge < -0.3 is 15.0 Å². The van der Waals surface area contributed by atoms with Crippen molar-refractivity contribution in [3.8, 4) is 5.75 Å². The van der Waals surface area contributed by atoms with Crippen LogP contribution < -0.4 is 10.1 Å². The lowest BCUT2D eigenvalue weighted by Crippen LogP contribution is -2.34. The summed E-state index contributed by atoms with van der Waals surface area (Å²) in [4.78, 5) is 14.8. The van der Waals surface area contributed by atoms with Crippen molar-refractivity contribution in [1.82, 2.24) is 14.7 Å². The zero-order valence-corrected chi connectivity index (χ0v) is 15.4. The molecule has 2 amide bonds. The number of amides is 2. The lowest BCUT2D eigenvalue weighted by molar-refractivity contribution is 0.207. The molecule has 1 aromatic carbocycles. The highest BCUT2D eigenvalue weighted by molar-refractivity contribution is 5.91. The Morgan fingerprint density at radius 1 is 1.40 bits per heavy atom. The molecule has 134 valence electrons. The first-order chi connectivity index (χ1) is 12.0. The highest BCUT2D eigenvalue weighted by Crippen LogP contribution is 2.34. The molecule has 6 heteroatoms. The van der Waals surface area contributed by atoms with Crippen LogP contribution in [0.1, 0.15) is 42.8 Å². The summed E-state index contributed by atoms with van der Waals surface area (Å²) in [6.07, 6.45) is 1.97. The standard InChI is InChI=1S/C19H26N4O2/c1-5-23-14(3)18(13(2)21-23)20-19(24)22-11-7-10-17(22)15-8-6-9-16(12-15)25-4/h6,8-9,12,17H,5,7,10-11H2,1-4H3,(H,20,24). The SMILES string of the molecule is CCn1nc(C)c(NC(=O)N2CCCC2c2cccc(OC)c2)c1C. The van der Waals surface area contributed by atoms with Crippen molar-refractivity contribution in [2.75, 3.05) is 19.0 Å². The van der Waals surface area contributed by atoms with Crippen molar-refractivity contribution in [3.05, 3.63) is 41.2 Å². The average molecular weight is 342 g/mol. The fraction of sp³-hybridized carbons (Fsp3) is 0.474. The molecule has 0 spiro atoms. The maximum absolute atomic E-state index is 12.9. The van der Waals surface area contributed by atoms with E-state index in [0.29, 0.717) is 0 Å². The van der Waals surface area contributed by atoms with Gasteiger partial charge in [-0.15, -0.1) is 0 Å². The second kappa shape index (κ2) is 7.17. The number of nitrogens with one attached hydrogen (secondary N) is 1. The molecule has 1 N–H and O–H groups in total. The Labute approximate surface area is 148 Å². The number of ether oxygens (including phenoxy) is 1. The van der Waals surface area contributed by atoms with Gasteiger partial charge in [-0.2, -0.15) is 5.10 Å². The number of aryl methyl sites for hydroxylation is 2. The van der Waals surface area contributed by atoms with Gasteiger partial charge in [-0.1, -0.05) is 12.1 Å². The van der Waals surface area contributed by atoms with E-state index in [1.807, 2.05) is 48.6 Å². The zero-order valence-electron chi connectivity index (χ0n) is 15.4. The molecule has 2 aromatic rings. The van der Waals surface area contributed by atoms with Crippen molar-refractivity contribution in [3.63, 3.8) is 0 Å². The van der Waals surface area contributed by atoms with Gasteiger partial charge in [0.15, 0.2) is 0 Å². The number of aromatic nitrogens is 2. The molecule has 1 unspecified atom stereocenters. The van der Waals surface area contributed by atoms with Crippen molar-refractivity contribution < 1.29 is 9.53 Å². The fourth-order valence-electron chi connectivity index (χ4n) is 3.57. The minimum Gasteiger partial charge on any atom is -0.497 e. The van der Waals surface area contributed by atoms with Crippen LogP contribution in [0.15, 0.2) is 24.3 Å². The van der Waals surface area contributed by atoms with Gasteiger partial charge in [-0.25, -0.2) is 4.79 Å². The number of nitrogens with zero attached hydrogens (tertiary/aromatic N) is 3. The number of benzene rings is 1. The van der Waals surface area contributed by atoms with Crippen LogP contribution in [0, 0.1) is 13.8 Å². The van der Waals surface area contributed by atoms with E-state index in [0.717, 1.165) is 54.3 Å². The number of methoxy groups -OCH3 is 1. The summed E-state index contributed by atoms with van der Waals surface area (Å²) in [7, 11) is 1.66. The molecule has 6 nitrogen and oxygen atoms in total.